The smallest absolute Gasteiger partial charge is 0.303 e. The Bertz CT molecular complexity index is 2730. The number of nitrogens with one attached hydrogen (secondary N) is 2. The van der Waals surface area contributed by atoms with Crippen LogP contribution in [-0.4, -0.2) is 373 Å². The van der Waals surface area contributed by atoms with Gasteiger partial charge in [0.1, 0.15) is 21.9 Å². The van der Waals surface area contributed by atoms with Crippen molar-refractivity contribution in [3.05, 3.63) is 62.6 Å². The highest BCUT2D eigenvalue weighted by Crippen LogP contribution is 2.54. The third-order valence-corrected chi connectivity index (χ3v) is 16.7. The lowest BCUT2D eigenvalue weighted by molar-refractivity contribution is -0.138. The summed E-state index contributed by atoms with van der Waals surface area (Å²) in [7, 11) is -3.09. The average Bonchev–Trinajstić information content (AvgIpc) is 0.719. The third-order valence-electron chi connectivity index (χ3n) is 15.8. The number of carboxylic acids is 1. The molecule has 4 rings (SSSR count). The number of ether oxygens (including phenoxy) is 25. The van der Waals surface area contributed by atoms with Gasteiger partial charge in [0.25, 0.3) is 5.91 Å². The van der Waals surface area contributed by atoms with Gasteiger partial charge in [-0.3, -0.25) is 14.4 Å². The van der Waals surface area contributed by atoms with Gasteiger partial charge in [-0.2, -0.15) is 0 Å². The van der Waals surface area contributed by atoms with E-state index < -0.39 is 52.4 Å². The largest absolute Gasteiger partial charge is 0.744 e. The van der Waals surface area contributed by atoms with Crippen molar-refractivity contribution in [2.75, 3.05) is 331 Å². The third kappa shape index (κ3) is 48.9. The predicted octanol–water partition coefficient (Wildman–Crippen LogP) is 2.38. The highest BCUT2D eigenvalue weighted by molar-refractivity contribution is 7.89. The second-order valence-electron chi connectivity index (χ2n) is 24.0. The maximum Gasteiger partial charge on any atom is 0.303 e. The van der Waals surface area contributed by atoms with Crippen molar-refractivity contribution in [3.8, 4) is 5.75 Å². The number of aryl methyl sites for hydroxylation is 1. The standard InChI is InChI=1S/C74H124N2O32S/c1-61-58-68(65-6-7-66-69(109(81,82)83)59-62(2)64-5-4-63(61)72(65)73(64)66)108-60-70(77)76-67(8-9-71(78)79)74(80)75-10-11-85-14-15-87-18-19-89-22-23-91-26-27-93-30-31-95-34-35-97-38-39-99-42-43-101-46-47-103-50-51-105-54-55-107-57-56-106-53-52-104-49-48-102-45-44-100-41-40-98-37-36-96-33-32-94-29-28-92-25-24-90-21-20-88-17-16-86-13-12-84-3/h4-7,58-59,66-67,73H,8-57,60H2,1-3H3,(H,75,80)(H,76,77)(H,78,79)(H,81,82,83)/p-1. The number of hydrogen-bond acceptors (Lipinski definition) is 31. The Kier molecular flexibility index (Phi) is 59.2. The van der Waals surface area contributed by atoms with Crippen molar-refractivity contribution in [2.24, 2.45) is 5.92 Å². The molecule has 0 saturated carbocycles. The van der Waals surface area contributed by atoms with Crippen molar-refractivity contribution in [1.29, 1.82) is 0 Å². The zero-order chi connectivity index (χ0) is 78.0. The van der Waals surface area contributed by atoms with Crippen LogP contribution in [0.3, 0.4) is 0 Å². The first-order chi connectivity index (χ1) is 53.4. The normalized spacial score (nSPS) is 14.7. The molecular formula is C74H123N2O32S-. The maximum absolute atomic E-state index is 13.2. The quantitative estimate of drug-likeness (QED) is 0.0622. The van der Waals surface area contributed by atoms with Gasteiger partial charge in [-0.1, -0.05) is 24.3 Å². The van der Waals surface area contributed by atoms with E-state index in [1.54, 1.807) is 32.3 Å². The van der Waals surface area contributed by atoms with Crippen LogP contribution < -0.4 is 15.4 Å². The molecule has 0 spiro atoms. The van der Waals surface area contributed by atoms with Crippen LogP contribution in [0.5, 0.6) is 5.75 Å². The Morgan fingerprint density at radius 3 is 1.03 bits per heavy atom. The molecule has 3 unspecified atom stereocenters. The molecule has 0 fully saturated rings. The molecule has 0 heterocycles. The number of hydrogen-bond donors (Lipinski definition) is 3. The Morgan fingerprint density at radius 1 is 0.431 bits per heavy atom. The highest BCUT2D eigenvalue weighted by Gasteiger charge is 2.40. The van der Waals surface area contributed by atoms with Gasteiger partial charge in [0.15, 0.2) is 6.61 Å². The first-order valence-electron chi connectivity index (χ1n) is 37.5. The lowest BCUT2D eigenvalue weighted by Gasteiger charge is -2.40. The first kappa shape index (κ1) is 96.7. The monoisotopic (exact) mass is 1580 g/mol. The van der Waals surface area contributed by atoms with Crippen molar-refractivity contribution in [3.63, 3.8) is 0 Å². The van der Waals surface area contributed by atoms with Gasteiger partial charge in [0.2, 0.25) is 5.91 Å². The summed E-state index contributed by atoms with van der Waals surface area (Å²) >= 11 is 0. The fourth-order valence-electron chi connectivity index (χ4n) is 10.4. The van der Waals surface area contributed by atoms with Gasteiger partial charge in [0, 0.05) is 42.4 Å². The molecular weight excluding hydrogens is 1460 g/mol. The van der Waals surface area contributed by atoms with Gasteiger partial charge < -0.3 is 139 Å². The lowest BCUT2D eigenvalue weighted by atomic mass is 9.67. The van der Waals surface area contributed by atoms with E-state index in [4.69, 9.17) is 118 Å². The second-order valence-corrected chi connectivity index (χ2v) is 25.4. The number of benzene rings is 1. The molecule has 0 aliphatic heterocycles. The van der Waals surface area contributed by atoms with Crippen molar-refractivity contribution in [2.45, 2.75) is 38.6 Å². The molecule has 1 aromatic carbocycles. The summed E-state index contributed by atoms with van der Waals surface area (Å²) < 4.78 is 174. The van der Waals surface area contributed by atoms with Gasteiger partial charge in [-0.05, 0) is 60.2 Å². The summed E-state index contributed by atoms with van der Waals surface area (Å²) in [6.07, 6.45) is 8.16. The molecule has 3 aliphatic carbocycles. The summed E-state index contributed by atoms with van der Waals surface area (Å²) in [5, 5.41) is 14.6. The zero-order valence-corrected chi connectivity index (χ0v) is 65.1. The minimum atomic E-state index is -4.73. The molecule has 3 N–H and O–H groups in total. The molecule has 35 heteroatoms. The van der Waals surface area contributed by atoms with E-state index >= 15 is 0 Å². The Hall–Kier alpha value is -4.66. The number of allylic oxidation sites excluding steroid dienone is 6. The minimum Gasteiger partial charge on any atom is -0.744 e. The molecule has 109 heavy (non-hydrogen) atoms. The van der Waals surface area contributed by atoms with Crippen LogP contribution in [0.25, 0.3) is 12.2 Å². The lowest BCUT2D eigenvalue weighted by Crippen LogP contribution is -2.48. The van der Waals surface area contributed by atoms with Crippen LogP contribution in [-0.2, 0) is 138 Å². The van der Waals surface area contributed by atoms with Gasteiger partial charge in [0.05, 0.1) is 311 Å². The topological polar surface area (TPSA) is 383 Å². The summed E-state index contributed by atoms with van der Waals surface area (Å²) in [5.41, 5.74) is 4.69. The van der Waals surface area contributed by atoms with Gasteiger partial charge in [-0.25, -0.2) is 8.42 Å². The molecule has 0 bridgehead atoms. The second kappa shape index (κ2) is 66.7. The number of carboxylic acid groups (broad SMARTS) is 1. The minimum absolute atomic E-state index is 0.0977. The summed E-state index contributed by atoms with van der Waals surface area (Å²) in [4.78, 5) is 37.5. The van der Waals surface area contributed by atoms with Crippen molar-refractivity contribution >= 4 is 40.1 Å². The Labute approximate surface area is 642 Å². The van der Waals surface area contributed by atoms with E-state index in [9.17, 15) is 32.5 Å². The number of methoxy groups -OCH3 is 1. The van der Waals surface area contributed by atoms with Crippen LogP contribution in [0.1, 0.15) is 47.9 Å². The number of amides is 2. The molecule has 628 valence electrons. The molecule has 2 amide bonds. The van der Waals surface area contributed by atoms with Crippen LogP contribution in [0.15, 0.2) is 40.3 Å². The Balaban J connectivity index is 0.767. The summed E-state index contributed by atoms with van der Waals surface area (Å²) in [6, 6.07) is 0.609. The van der Waals surface area contributed by atoms with Crippen LogP contribution in [0.4, 0.5) is 0 Å². The molecule has 1 aromatic rings. The highest BCUT2D eigenvalue weighted by atomic mass is 32.2. The van der Waals surface area contributed by atoms with E-state index in [0.717, 1.165) is 22.3 Å². The SMILES string of the molecule is COCCOCCOCCOCCOCCOCCOCCOCCOCCOCCOCCOCCOCCOCCOCCOCCOCCOCCOCCOCCOCCOCCOCCOCCNC(=O)C(CCC(=O)O)NC(=O)COc1cc(C)c2c3c1C=CC1C(S(=O)(=O)[O-])=CC(C)=C(C=C2)C31. The van der Waals surface area contributed by atoms with Crippen LogP contribution in [0.2, 0.25) is 0 Å². The summed E-state index contributed by atoms with van der Waals surface area (Å²) in [6.45, 7) is 24.5. The van der Waals surface area contributed by atoms with E-state index in [1.165, 1.54) is 6.08 Å². The molecule has 0 radical (unpaired) electrons. The van der Waals surface area contributed by atoms with E-state index in [1.807, 2.05) is 19.1 Å². The van der Waals surface area contributed by atoms with E-state index in [2.05, 4.69) is 10.6 Å². The summed E-state index contributed by atoms with van der Waals surface area (Å²) in [5.74, 6) is -3.14. The van der Waals surface area contributed by atoms with E-state index in [0.29, 0.717) is 308 Å². The number of rotatable bonds is 81. The number of aliphatic carboxylic acids is 1. The maximum atomic E-state index is 13.2. The molecule has 3 aliphatic rings. The predicted molar refractivity (Wildman–Crippen MR) is 394 cm³/mol. The van der Waals surface area contributed by atoms with Crippen molar-refractivity contribution < 1.29 is 151 Å². The van der Waals surface area contributed by atoms with Gasteiger partial charge >= 0.3 is 5.97 Å². The molecule has 0 saturated heterocycles. The van der Waals surface area contributed by atoms with Crippen molar-refractivity contribution in [1.82, 2.24) is 10.6 Å². The van der Waals surface area contributed by atoms with Crippen LogP contribution in [0, 0.1) is 12.8 Å². The fourth-order valence-corrected chi connectivity index (χ4v) is 11.3. The molecule has 0 aromatic heterocycles. The average molecular weight is 1580 g/mol. The van der Waals surface area contributed by atoms with Crippen LogP contribution >= 0.6 is 0 Å². The van der Waals surface area contributed by atoms with E-state index in [-0.39, 0.29) is 44.1 Å². The van der Waals surface area contributed by atoms with Gasteiger partial charge in [-0.15, -0.1) is 0 Å². The number of carbonyl (C=O) groups is 3. The molecule has 34 nitrogen and oxygen atoms in total. The zero-order valence-electron chi connectivity index (χ0n) is 64.3. The fraction of sp³-hybridized carbons (Fsp3) is 0.770. The molecule has 3 atom stereocenters. The first-order valence-corrected chi connectivity index (χ1v) is 38.9. The number of carbonyl (C=O) groups excluding carboxylic acids is 2. The Morgan fingerprint density at radius 2 is 0.734 bits per heavy atom.